The summed E-state index contributed by atoms with van der Waals surface area (Å²) in [5.74, 6) is 1.62. The van der Waals surface area contributed by atoms with Crippen molar-refractivity contribution < 1.29 is 13.2 Å². The van der Waals surface area contributed by atoms with E-state index in [-0.39, 0.29) is 10.3 Å². The summed E-state index contributed by atoms with van der Waals surface area (Å²) in [5.41, 5.74) is 6.25. The van der Waals surface area contributed by atoms with Gasteiger partial charge in [-0.05, 0) is 42.5 Å². The predicted octanol–water partition coefficient (Wildman–Crippen LogP) is 3.79. The van der Waals surface area contributed by atoms with Crippen molar-refractivity contribution in [2.75, 3.05) is 24.5 Å². The molecule has 4 heterocycles. The van der Waals surface area contributed by atoms with E-state index >= 15 is 0 Å². The first-order chi connectivity index (χ1) is 15.4. The monoisotopic (exact) mass is 458 g/mol. The van der Waals surface area contributed by atoms with Gasteiger partial charge in [-0.15, -0.1) is 0 Å². The van der Waals surface area contributed by atoms with Crippen molar-refractivity contribution in [1.29, 1.82) is 0 Å². The number of aromatic nitrogens is 4. The van der Waals surface area contributed by atoms with Crippen LogP contribution >= 0.6 is 11.8 Å². The summed E-state index contributed by atoms with van der Waals surface area (Å²) in [6.45, 7) is 2.19. The molecule has 0 radical (unpaired) electrons. The molecule has 2 aliphatic rings. The van der Waals surface area contributed by atoms with E-state index in [9.17, 15) is 13.2 Å². The molecule has 5 rings (SSSR count). The van der Waals surface area contributed by atoms with E-state index in [0.717, 1.165) is 43.2 Å². The van der Waals surface area contributed by atoms with Crippen molar-refractivity contribution in [3.05, 3.63) is 66.5 Å². The lowest BCUT2D eigenvalue weighted by molar-refractivity contribution is -0.143. The molecule has 1 saturated carbocycles. The number of hydrogen-bond acceptors (Lipinski definition) is 7. The second-order valence-electron chi connectivity index (χ2n) is 8.07. The van der Waals surface area contributed by atoms with Crippen molar-refractivity contribution in [1.82, 2.24) is 19.9 Å². The highest BCUT2D eigenvalue weighted by atomic mass is 32.2. The Hall–Kier alpha value is -2.72. The lowest BCUT2D eigenvalue weighted by Gasteiger charge is -2.27. The van der Waals surface area contributed by atoms with E-state index < -0.39 is 11.9 Å². The zero-order chi connectivity index (χ0) is 22.3. The van der Waals surface area contributed by atoms with Crippen molar-refractivity contribution in [2.24, 2.45) is 17.6 Å². The molecule has 6 nitrogen and oxygen atoms in total. The third kappa shape index (κ3) is 3.61. The zero-order valence-electron chi connectivity index (χ0n) is 17.0. The van der Waals surface area contributed by atoms with Gasteiger partial charge in [-0.25, -0.2) is 9.97 Å². The minimum absolute atomic E-state index is 0.00364. The number of nitrogens with two attached hydrogens (primary N) is 1. The van der Waals surface area contributed by atoms with E-state index in [1.807, 2.05) is 18.3 Å². The summed E-state index contributed by atoms with van der Waals surface area (Å²) in [5, 5.41) is 0.387. The minimum Gasteiger partial charge on any atom is -0.355 e. The Bertz CT molecular complexity index is 1090. The average Bonchev–Trinajstić information content (AvgIpc) is 3.48. The highest BCUT2D eigenvalue weighted by molar-refractivity contribution is 7.99. The molecule has 3 aromatic rings. The average molecular weight is 459 g/mol. The van der Waals surface area contributed by atoms with Gasteiger partial charge in [0.15, 0.2) is 5.69 Å². The maximum Gasteiger partial charge on any atom is 0.434 e. The number of alkyl halides is 3. The maximum absolute atomic E-state index is 13.2. The van der Waals surface area contributed by atoms with Crippen molar-refractivity contribution >= 4 is 17.6 Å². The number of nitrogens with zero attached hydrogens (tertiary/aromatic N) is 5. The molecule has 10 heteroatoms. The van der Waals surface area contributed by atoms with Crippen LogP contribution in [0.1, 0.15) is 17.8 Å². The van der Waals surface area contributed by atoms with Gasteiger partial charge in [0.2, 0.25) is 0 Å². The van der Waals surface area contributed by atoms with Crippen molar-refractivity contribution in [3.8, 4) is 0 Å². The molecule has 2 fully saturated rings. The summed E-state index contributed by atoms with van der Waals surface area (Å²) in [7, 11) is 0. The molecule has 32 heavy (non-hydrogen) atoms. The SMILES string of the molecule is NCC1(c2ccccn2)C2CCN(c3cnc(Sc4cccnc4C(F)(F)F)cn3)CC21. The smallest absolute Gasteiger partial charge is 0.355 e. The third-order valence-electron chi connectivity index (χ3n) is 6.50. The highest BCUT2D eigenvalue weighted by Crippen LogP contribution is 2.62. The van der Waals surface area contributed by atoms with Gasteiger partial charge in [0, 0.05) is 48.0 Å². The Balaban J connectivity index is 1.30. The molecule has 0 bridgehead atoms. The Morgan fingerprint density at radius 1 is 1.03 bits per heavy atom. The zero-order valence-corrected chi connectivity index (χ0v) is 17.9. The van der Waals surface area contributed by atoms with E-state index in [4.69, 9.17) is 5.73 Å². The number of piperidine rings is 1. The number of pyridine rings is 2. The Kier molecular flexibility index (Phi) is 5.29. The molecular formula is C22H21F3N6S. The van der Waals surface area contributed by atoms with Crippen molar-refractivity contribution in [2.45, 2.75) is 27.9 Å². The van der Waals surface area contributed by atoms with Gasteiger partial charge < -0.3 is 10.6 Å². The summed E-state index contributed by atoms with van der Waals surface area (Å²) in [4.78, 5) is 19.1. The first-order valence-electron chi connectivity index (χ1n) is 10.3. The topological polar surface area (TPSA) is 80.8 Å². The standard InChI is InChI=1S/C22H21F3N6S/c23-22(24,25)20-16(4-3-8-28-20)32-19-11-29-18(10-30-19)31-9-6-14-15(12-31)21(14,13-26)17-5-1-2-7-27-17/h1-5,7-8,10-11,14-15H,6,9,12-13,26H2. The Morgan fingerprint density at radius 2 is 1.88 bits per heavy atom. The molecule has 1 aliphatic carbocycles. The van der Waals surface area contributed by atoms with Crippen LogP contribution in [0.5, 0.6) is 0 Å². The summed E-state index contributed by atoms with van der Waals surface area (Å²) >= 11 is 0.906. The lowest BCUT2D eigenvalue weighted by atomic mass is 9.96. The number of halogens is 3. The second kappa shape index (κ2) is 8.00. The quantitative estimate of drug-likeness (QED) is 0.623. The van der Waals surface area contributed by atoms with Crippen LogP contribution in [0.3, 0.4) is 0 Å². The molecule has 2 N–H and O–H groups in total. The van der Waals surface area contributed by atoms with Crippen molar-refractivity contribution in [3.63, 3.8) is 0 Å². The molecule has 0 spiro atoms. The molecule has 166 valence electrons. The van der Waals surface area contributed by atoms with Crippen LogP contribution < -0.4 is 10.6 Å². The fourth-order valence-electron chi connectivity index (χ4n) is 4.93. The van der Waals surface area contributed by atoms with E-state index in [1.165, 1.54) is 18.3 Å². The van der Waals surface area contributed by atoms with E-state index in [2.05, 4.69) is 30.9 Å². The lowest BCUT2D eigenvalue weighted by Crippen LogP contribution is -2.32. The summed E-state index contributed by atoms with van der Waals surface area (Å²) in [6, 6.07) is 8.82. The molecule has 3 aromatic heterocycles. The van der Waals surface area contributed by atoms with Gasteiger partial charge in [0.05, 0.1) is 12.4 Å². The van der Waals surface area contributed by atoms with E-state index in [1.54, 1.807) is 6.20 Å². The molecular weight excluding hydrogens is 437 g/mol. The van der Waals surface area contributed by atoms with Crippen LogP contribution in [0.25, 0.3) is 0 Å². The van der Waals surface area contributed by atoms with Gasteiger partial charge in [0.25, 0.3) is 0 Å². The minimum atomic E-state index is -4.52. The van der Waals surface area contributed by atoms with Gasteiger partial charge in [-0.2, -0.15) is 13.2 Å². The highest BCUT2D eigenvalue weighted by Gasteiger charge is 2.66. The Morgan fingerprint density at radius 3 is 2.56 bits per heavy atom. The van der Waals surface area contributed by atoms with Gasteiger partial charge in [-0.3, -0.25) is 9.97 Å². The summed E-state index contributed by atoms with van der Waals surface area (Å²) in [6.07, 6.45) is 2.55. The first kappa shape index (κ1) is 21.1. The summed E-state index contributed by atoms with van der Waals surface area (Å²) < 4.78 is 39.5. The van der Waals surface area contributed by atoms with Crippen LogP contribution in [0.2, 0.25) is 0 Å². The largest absolute Gasteiger partial charge is 0.434 e. The normalized spacial score (nSPS) is 24.8. The Labute approximate surface area is 187 Å². The van der Waals surface area contributed by atoms with E-state index in [0.29, 0.717) is 29.2 Å². The second-order valence-corrected chi connectivity index (χ2v) is 9.13. The maximum atomic E-state index is 13.2. The molecule has 0 aromatic carbocycles. The predicted molar refractivity (Wildman–Crippen MR) is 114 cm³/mol. The molecule has 1 aliphatic heterocycles. The fourth-order valence-corrected chi connectivity index (χ4v) is 5.78. The molecule has 0 amide bonds. The van der Waals surface area contributed by atoms with Crippen LogP contribution in [0, 0.1) is 11.8 Å². The van der Waals surface area contributed by atoms with Gasteiger partial charge in [0.1, 0.15) is 10.8 Å². The number of fused-ring (bicyclic) bond motifs is 1. The molecule has 3 unspecified atom stereocenters. The van der Waals surface area contributed by atoms with Crippen LogP contribution in [-0.4, -0.2) is 39.6 Å². The fraction of sp³-hybridized carbons (Fsp3) is 0.364. The van der Waals surface area contributed by atoms with Crippen LogP contribution in [-0.2, 0) is 11.6 Å². The van der Waals surface area contributed by atoms with Crippen LogP contribution in [0.15, 0.2) is 65.0 Å². The number of hydrogen-bond donors (Lipinski definition) is 1. The molecule has 1 saturated heterocycles. The van der Waals surface area contributed by atoms with Gasteiger partial charge >= 0.3 is 6.18 Å². The first-order valence-corrected chi connectivity index (χ1v) is 11.1. The molecule has 3 atom stereocenters. The number of rotatable bonds is 5. The van der Waals surface area contributed by atoms with Gasteiger partial charge in [-0.1, -0.05) is 17.8 Å². The van der Waals surface area contributed by atoms with Crippen LogP contribution in [0.4, 0.5) is 19.0 Å². The third-order valence-corrected chi connectivity index (χ3v) is 7.47. The number of anilines is 1.